The Kier molecular flexibility index (Phi) is 8.02. The van der Waals surface area contributed by atoms with Gasteiger partial charge < -0.3 is 5.11 Å². The lowest BCUT2D eigenvalue weighted by Crippen LogP contribution is -2.01. The third-order valence-corrected chi connectivity index (χ3v) is 3.54. The zero-order chi connectivity index (χ0) is 20.6. The molecule has 0 saturated carbocycles. The molecule has 0 spiro atoms. The summed E-state index contributed by atoms with van der Waals surface area (Å²) in [5.74, 6) is -0.834. The molecule has 0 aromatic heterocycles. The molecule has 10 heteroatoms. The Labute approximate surface area is 158 Å². The predicted octanol–water partition coefficient (Wildman–Crippen LogP) is 4.22. The fourth-order valence-corrected chi connectivity index (χ4v) is 2.24. The van der Waals surface area contributed by atoms with Crippen molar-refractivity contribution in [1.82, 2.24) is 0 Å². The largest absolute Gasteiger partial charge is 0.478 e. The highest BCUT2D eigenvalue weighted by atomic mass is 35.5. The fraction of sp³-hybridized carbons (Fsp3) is 0.176. The summed E-state index contributed by atoms with van der Waals surface area (Å²) in [6.45, 7) is 2.04. The molecule has 0 aliphatic carbocycles. The van der Waals surface area contributed by atoms with Crippen LogP contribution in [0.4, 0.5) is 11.4 Å². The Hall–Kier alpha value is -3.33. The number of carbonyl (C=O) groups is 2. The summed E-state index contributed by atoms with van der Waals surface area (Å²) in [6, 6.07) is 9.65. The predicted molar refractivity (Wildman–Crippen MR) is 97.3 cm³/mol. The van der Waals surface area contributed by atoms with Crippen LogP contribution < -0.4 is 0 Å². The highest BCUT2D eigenvalue weighted by Gasteiger charge is 2.18. The number of non-ortho nitro benzene ring substituents is 2. The number of nitro groups is 2. The molecule has 0 bridgehead atoms. The normalized spacial score (nSPS) is 9.70. The van der Waals surface area contributed by atoms with Gasteiger partial charge in [-0.3, -0.25) is 25.0 Å². The minimum absolute atomic E-state index is 0.280. The van der Waals surface area contributed by atoms with Gasteiger partial charge in [-0.05, 0) is 29.7 Å². The molecule has 1 N–H and O–H groups in total. The van der Waals surface area contributed by atoms with Crippen LogP contribution in [-0.2, 0) is 6.42 Å². The number of nitro benzene ring substituents is 2. The van der Waals surface area contributed by atoms with Gasteiger partial charge in [0.1, 0.15) is 0 Å². The van der Waals surface area contributed by atoms with E-state index in [9.17, 15) is 29.8 Å². The van der Waals surface area contributed by atoms with E-state index in [-0.39, 0.29) is 5.56 Å². The molecular formula is C17H15ClN2O7. The molecule has 0 amide bonds. The Morgan fingerprint density at radius 1 is 1.04 bits per heavy atom. The molecule has 0 fully saturated rings. The number of rotatable bonds is 6. The molecular weight excluding hydrogens is 380 g/mol. The molecule has 9 nitrogen and oxygen atoms in total. The molecule has 2 aromatic carbocycles. The molecule has 0 radical (unpaired) electrons. The molecule has 0 heterocycles. The summed E-state index contributed by atoms with van der Waals surface area (Å²) in [4.78, 5) is 40.5. The molecule has 27 heavy (non-hydrogen) atoms. The summed E-state index contributed by atoms with van der Waals surface area (Å²) in [6.07, 6.45) is 1.81. The van der Waals surface area contributed by atoms with Crippen LogP contribution in [0.15, 0.2) is 42.5 Å². The van der Waals surface area contributed by atoms with Gasteiger partial charge in [-0.1, -0.05) is 31.5 Å². The zero-order valence-corrected chi connectivity index (χ0v) is 14.9. The van der Waals surface area contributed by atoms with E-state index < -0.39 is 32.4 Å². The SMILES string of the molecule is CCCc1ccccc1C(=O)O.O=C(Cl)c1cc([N+](=O)[O-])cc([N+](=O)[O-])c1. The van der Waals surface area contributed by atoms with E-state index in [1.807, 2.05) is 19.1 Å². The van der Waals surface area contributed by atoms with E-state index in [1.165, 1.54) is 0 Å². The maximum Gasteiger partial charge on any atom is 0.335 e. The van der Waals surface area contributed by atoms with Crippen molar-refractivity contribution < 1.29 is 24.5 Å². The molecule has 0 unspecified atom stereocenters. The fourth-order valence-electron chi connectivity index (χ4n) is 2.14. The second-order valence-electron chi connectivity index (χ2n) is 5.24. The van der Waals surface area contributed by atoms with Crippen LogP contribution in [0.25, 0.3) is 0 Å². The second-order valence-corrected chi connectivity index (χ2v) is 5.58. The first kappa shape index (κ1) is 21.7. The smallest absolute Gasteiger partial charge is 0.335 e. The molecule has 2 rings (SSSR count). The molecule has 0 aliphatic heterocycles. The van der Waals surface area contributed by atoms with Gasteiger partial charge in [0.05, 0.1) is 21.5 Å². The number of benzene rings is 2. The van der Waals surface area contributed by atoms with Gasteiger partial charge in [0.25, 0.3) is 16.6 Å². The summed E-state index contributed by atoms with van der Waals surface area (Å²) < 4.78 is 0. The van der Waals surface area contributed by atoms with Crippen molar-refractivity contribution in [2.24, 2.45) is 0 Å². The molecule has 142 valence electrons. The molecule has 0 aliphatic rings. The van der Waals surface area contributed by atoms with Crippen LogP contribution in [0.1, 0.15) is 39.6 Å². The number of aromatic carboxylic acids is 1. The van der Waals surface area contributed by atoms with E-state index in [4.69, 9.17) is 16.7 Å². The number of aryl methyl sites for hydroxylation is 1. The van der Waals surface area contributed by atoms with E-state index in [2.05, 4.69) is 0 Å². The van der Waals surface area contributed by atoms with Crippen LogP contribution in [-0.4, -0.2) is 26.2 Å². The summed E-state index contributed by atoms with van der Waals surface area (Å²) in [5.41, 5.74) is -0.0224. The minimum atomic E-state index is -0.984. The topological polar surface area (TPSA) is 141 Å². The van der Waals surface area contributed by atoms with Crippen LogP contribution >= 0.6 is 11.6 Å². The number of hydrogen-bond donors (Lipinski definition) is 1. The Bertz CT molecular complexity index is 804. The Balaban J connectivity index is 0.000000277. The first-order chi connectivity index (χ1) is 12.7. The first-order valence-corrected chi connectivity index (χ1v) is 8.00. The van der Waals surface area contributed by atoms with Crippen molar-refractivity contribution >= 4 is 34.2 Å². The standard InChI is InChI=1S/C10H12O2.C7H3ClN2O5/c1-2-5-8-6-3-4-7-9(8)10(11)12;8-7(11)4-1-5(9(12)13)3-6(2-4)10(14)15/h3-4,6-7H,2,5H2,1H3,(H,11,12);1-3H. The summed E-state index contributed by atoms with van der Waals surface area (Å²) in [7, 11) is 0. The second kappa shape index (κ2) is 9.97. The van der Waals surface area contributed by atoms with Crippen molar-refractivity contribution in [3.8, 4) is 0 Å². The Morgan fingerprint density at radius 3 is 1.96 bits per heavy atom. The van der Waals surface area contributed by atoms with E-state index >= 15 is 0 Å². The molecule has 0 atom stereocenters. The lowest BCUT2D eigenvalue weighted by Gasteiger charge is -2.02. The third kappa shape index (κ3) is 6.48. The number of nitrogens with zero attached hydrogens (tertiary/aromatic N) is 2. The van der Waals surface area contributed by atoms with Crippen LogP contribution in [0.5, 0.6) is 0 Å². The highest BCUT2D eigenvalue weighted by Crippen LogP contribution is 2.23. The van der Waals surface area contributed by atoms with Crippen molar-refractivity contribution in [2.75, 3.05) is 0 Å². The van der Waals surface area contributed by atoms with Gasteiger partial charge >= 0.3 is 5.97 Å². The van der Waals surface area contributed by atoms with Gasteiger partial charge in [-0.2, -0.15) is 0 Å². The zero-order valence-electron chi connectivity index (χ0n) is 14.1. The average molecular weight is 395 g/mol. The maximum atomic E-state index is 10.7. The van der Waals surface area contributed by atoms with Crippen molar-refractivity contribution in [3.05, 3.63) is 79.4 Å². The van der Waals surface area contributed by atoms with E-state index in [1.54, 1.807) is 12.1 Å². The van der Waals surface area contributed by atoms with E-state index in [0.29, 0.717) is 5.56 Å². The van der Waals surface area contributed by atoms with Gasteiger partial charge in [0.15, 0.2) is 0 Å². The quantitative estimate of drug-likeness (QED) is 0.439. The van der Waals surface area contributed by atoms with Crippen LogP contribution in [0.3, 0.4) is 0 Å². The number of hydrogen-bond acceptors (Lipinski definition) is 6. The number of halogens is 1. The monoisotopic (exact) mass is 394 g/mol. The van der Waals surface area contributed by atoms with Crippen LogP contribution in [0, 0.1) is 20.2 Å². The number of carbonyl (C=O) groups excluding carboxylic acids is 1. The van der Waals surface area contributed by atoms with Gasteiger partial charge in [0, 0.05) is 17.7 Å². The lowest BCUT2D eigenvalue weighted by atomic mass is 10.0. The van der Waals surface area contributed by atoms with Gasteiger partial charge in [-0.15, -0.1) is 0 Å². The average Bonchev–Trinajstić information content (AvgIpc) is 2.62. The van der Waals surface area contributed by atoms with Crippen molar-refractivity contribution in [2.45, 2.75) is 19.8 Å². The summed E-state index contributed by atoms with van der Waals surface area (Å²) >= 11 is 5.07. The van der Waals surface area contributed by atoms with Crippen molar-refractivity contribution in [1.29, 1.82) is 0 Å². The van der Waals surface area contributed by atoms with Crippen molar-refractivity contribution in [3.63, 3.8) is 0 Å². The first-order valence-electron chi connectivity index (χ1n) is 7.62. The third-order valence-electron chi connectivity index (χ3n) is 3.32. The molecule has 0 saturated heterocycles. The highest BCUT2D eigenvalue weighted by molar-refractivity contribution is 6.67. The maximum absolute atomic E-state index is 10.7. The van der Waals surface area contributed by atoms with Gasteiger partial charge in [0.2, 0.25) is 0 Å². The Morgan fingerprint density at radius 2 is 1.56 bits per heavy atom. The number of carboxylic acids is 1. The van der Waals surface area contributed by atoms with E-state index in [0.717, 1.165) is 36.6 Å². The van der Waals surface area contributed by atoms with Crippen LogP contribution in [0.2, 0.25) is 0 Å². The lowest BCUT2D eigenvalue weighted by molar-refractivity contribution is -0.394. The number of carboxylic acid groups (broad SMARTS) is 1. The summed E-state index contributed by atoms with van der Waals surface area (Å²) in [5, 5.41) is 28.6. The molecule has 2 aromatic rings. The minimum Gasteiger partial charge on any atom is -0.478 e. The van der Waals surface area contributed by atoms with Gasteiger partial charge in [-0.25, -0.2) is 4.79 Å².